The van der Waals surface area contributed by atoms with Crippen LogP contribution in [0.3, 0.4) is 0 Å². The van der Waals surface area contributed by atoms with Gasteiger partial charge in [-0.05, 0) is 87.8 Å². The van der Waals surface area contributed by atoms with Gasteiger partial charge in [0.15, 0.2) is 0 Å². The Morgan fingerprint density at radius 2 is 1.72 bits per heavy atom. The number of hydrogen-bond donors (Lipinski definition) is 3. The summed E-state index contributed by atoms with van der Waals surface area (Å²) in [6, 6.07) is 4.16. The molecule has 0 aromatic heterocycles. The van der Waals surface area contributed by atoms with E-state index in [1.54, 1.807) is 0 Å². The van der Waals surface area contributed by atoms with E-state index in [0.717, 1.165) is 38.5 Å². The van der Waals surface area contributed by atoms with Crippen molar-refractivity contribution in [2.24, 2.45) is 23.0 Å². The first-order valence-electron chi connectivity index (χ1n) is 11.1. The second-order valence-electron chi connectivity index (χ2n) is 10.5. The van der Waals surface area contributed by atoms with Crippen LogP contribution < -0.4 is 15.8 Å². The SMILES string of the molecule is NC(=O)C12CC3CC(CC(NC(=O)C4(NS(=O)(=O)c5ccc(Cl)cc5Cl)CCC4)(C3)C1)C2. The molecule has 10 heteroatoms. The monoisotopic (exact) mass is 499 g/mol. The Morgan fingerprint density at radius 1 is 1.06 bits per heavy atom. The zero-order valence-electron chi connectivity index (χ0n) is 17.6. The number of carbonyl (C=O) groups is 2. The number of primary amides is 1. The van der Waals surface area contributed by atoms with Crippen molar-refractivity contribution in [1.29, 1.82) is 0 Å². The highest BCUT2D eigenvalue weighted by molar-refractivity contribution is 7.89. The molecule has 2 amide bonds. The van der Waals surface area contributed by atoms with Crippen LogP contribution in [0.15, 0.2) is 23.1 Å². The fourth-order valence-electron chi connectivity index (χ4n) is 6.97. The summed E-state index contributed by atoms with van der Waals surface area (Å²) in [5, 5.41) is 3.55. The molecule has 0 spiro atoms. The van der Waals surface area contributed by atoms with Gasteiger partial charge in [0, 0.05) is 10.6 Å². The Bertz CT molecular complexity index is 1090. The molecule has 32 heavy (non-hydrogen) atoms. The van der Waals surface area contributed by atoms with Crippen LogP contribution in [0.4, 0.5) is 0 Å². The summed E-state index contributed by atoms with van der Waals surface area (Å²) in [6.45, 7) is 0. The van der Waals surface area contributed by atoms with Crippen molar-refractivity contribution in [3.8, 4) is 0 Å². The Hall–Kier alpha value is -1.35. The van der Waals surface area contributed by atoms with Gasteiger partial charge in [-0.3, -0.25) is 9.59 Å². The van der Waals surface area contributed by atoms with Crippen LogP contribution in [0.5, 0.6) is 0 Å². The number of rotatable bonds is 6. The molecule has 2 atom stereocenters. The van der Waals surface area contributed by atoms with Crippen molar-refractivity contribution in [2.45, 2.75) is 73.8 Å². The highest BCUT2D eigenvalue weighted by atomic mass is 35.5. The average molecular weight is 500 g/mol. The molecular weight excluding hydrogens is 473 g/mol. The minimum absolute atomic E-state index is 0.00404. The molecule has 5 fully saturated rings. The van der Waals surface area contributed by atoms with E-state index in [1.165, 1.54) is 18.2 Å². The predicted molar refractivity (Wildman–Crippen MR) is 121 cm³/mol. The summed E-state index contributed by atoms with van der Waals surface area (Å²) >= 11 is 12.0. The number of hydrogen-bond acceptors (Lipinski definition) is 4. The fraction of sp³-hybridized carbons (Fsp3) is 0.636. The van der Waals surface area contributed by atoms with Crippen molar-refractivity contribution in [2.75, 3.05) is 0 Å². The van der Waals surface area contributed by atoms with E-state index in [2.05, 4.69) is 10.0 Å². The molecule has 5 aliphatic carbocycles. The Labute approximate surface area is 197 Å². The lowest BCUT2D eigenvalue weighted by Gasteiger charge is -2.61. The van der Waals surface area contributed by atoms with Crippen LogP contribution in [0.2, 0.25) is 10.0 Å². The molecule has 7 nitrogen and oxygen atoms in total. The van der Waals surface area contributed by atoms with Crippen LogP contribution >= 0.6 is 23.2 Å². The van der Waals surface area contributed by atoms with E-state index in [9.17, 15) is 18.0 Å². The van der Waals surface area contributed by atoms with Gasteiger partial charge in [0.2, 0.25) is 21.8 Å². The summed E-state index contributed by atoms with van der Waals surface area (Å²) in [7, 11) is -4.04. The normalized spacial score (nSPS) is 34.7. The van der Waals surface area contributed by atoms with Crippen molar-refractivity contribution in [1.82, 2.24) is 10.0 Å². The standard InChI is InChI=1S/C22H27Cl2N3O4S/c23-15-2-3-17(16(24)7-15)32(30,31)27-22(4-1-5-22)19(29)26-21-10-13-6-14(11-21)9-20(8-13,12-21)18(25)28/h2-3,7,13-14,27H,1,4-6,8-12H2,(H2,25,28)(H,26,29). The Kier molecular flexibility index (Phi) is 5.14. The first kappa shape index (κ1) is 22.4. The van der Waals surface area contributed by atoms with Crippen molar-refractivity contribution < 1.29 is 18.0 Å². The molecule has 0 aliphatic heterocycles. The molecule has 4 N–H and O–H groups in total. The van der Waals surface area contributed by atoms with Crippen LogP contribution in [0, 0.1) is 17.3 Å². The lowest BCUT2D eigenvalue weighted by Crippen LogP contribution is -2.70. The first-order chi connectivity index (χ1) is 15.0. The van der Waals surface area contributed by atoms with Gasteiger partial charge in [-0.25, -0.2) is 8.42 Å². The number of carbonyl (C=O) groups excluding carboxylic acids is 2. The van der Waals surface area contributed by atoms with Crippen LogP contribution in [0.1, 0.15) is 57.8 Å². The first-order valence-corrected chi connectivity index (χ1v) is 13.3. The van der Waals surface area contributed by atoms with E-state index >= 15 is 0 Å². The van der Waals surface area contributed by atoms with E-state index in [-0.39, 0.29) is 21.7 Å². The summed E-state index contributed by atoms with van der Waals surface area (Å²) < 4.78 is 28.8. The predicted octanol–water partition coefficient (Wildman–Crippen LogP) is 3.13. The zero-order chi connectivity index (χ0) is 22.9. The summed E-state index contributed by atoms with van der Waals surface area (Å²) in [4.78, 5) is 25.8. The quantitative estimate of drug-likeness (QED) is 0.556. The van der Waals surface area contributed by atoms with E-state index in [0.29, 0.717) is 36.1 Å². The molecule has 2 unspecified atom stereocenters. The highest BCUT2D eigenvalue weighted by Gasteiger charge is 2.61. The molecule has 4 bridgehead atoms. The van der Waals surface area contributed by atoms with Gasteiger partial charge < -0.3 is 11.1 Å². The van der Waals surface area contributed by atoms with Gasteiger partial charge in [-0.15, -0.1) is 0 Å². The maximum absolute atomic E-state index is 13.5. The van der Waals surface area contributed by atoms with Gasteiger partial charge in [0.1, 0.15) is 10.4 Å². The summed E-state index contributed by atoms with van der Waals surface area (Å²) in [6.07, 6.45) is 6.40. The van der Waals surface area contributed by atoms with Gasteiger partial charge in [0.05, 0.1) is 10.4 Å². The maximum atomic E-state index is 13.5. The van der Waals surface area contributed by atoms with Crippen LogP contribution in [-0.4, -0.2) is 31.3 Å². The van der Waals surface area contributed by atoms with Crippen molar-refractivity contribution in [3.63, 3.8) is 0 Å². The van der Waals surface area contributed by atoms with Crippen LogP contribution in [0.25, 0.3) is 0 Å². The van der Waals surface area contributed by atoms with Crippen molar-refractivity contribution in [3.05, 3.63) is 28.2 Å². The fourth-order valence-corrected chi connectivity index (χ4v) is 9.17. The molecule has 0 radical (unpaired) electrons. The zero-order valence-corrected chi connectivity index (χ0v) is 20.0. The largest absolute Gasteiger partial charge is 0.369 e. The van der Waals surface area contributed by atoms with Gasteiger partial charge in [-0.2, -0.15) is 4.72 Å². The van der Waals surface area contributed by atoms with Gasteiger partial charge in [0.25, 0.3) is 0 Å². The molecule has 0 saturated heterocycles. The smallest absolute Gasteiger partial charge is 0.243 e. The maximum Gasteiger partial charge on any atom is 0.243 e. The topological polar surface area (TPSA) is 118 Å². The lowest BCUT2D eigenvalue weighted by molar-refractivity contribution is -0.152. The third-order valence-electron chi connectivity index (χ3n) is 8.12. The Balaban J connectivity index is 1.39. The summed E-state index contributed by atoms with van der Waals surface area (Å²) in [5.41, 5.74) is 3.54. The lowest BCUT2D eigenvalue weighted by atomic mass is 9.46. The Morgan fingerprint density at radius 3 is 2.25 bits per heavy atom. The van der Waals surface area contributed by atoms with E-state index in [1.807, 2.05) is 0 Å². The third kappa shape index (κ3) is 3.54. The second-order valence-corrected chi connectivity index (χ2v) is 13.0. The average Bonchev–Trinajstić information content (AvgIpc) is 2.62. The molecule has 174 valence electrons. The molecule has 6 rings (SSSR count). The van der Waals surface area contributed by atoms with E-state index in [4.69, 9.17) is 28.9 Å². The number of amides is 2. The van der Waals surface area contributed by atoms with Gasteiger partial charge in [-0.1, -0.05) is 23.2 Å². The number of benzene rings is 1. The minimum atomic E-state index is -4.04. The van der Waals surface area contributed by atoms with Crippen LogP contribution in [-0.2, 0) is 19.6 Å². The van der Waals surface area contributed by atoms with E-state index < -0.39 is 26.5 Å². The van der Waals surface area contributed by atoms with Crippen molar-refractivity contribution >= 4 is 45.0 Å². The number of halogens is 2. The second kappa shape index (κ2) is 7.32. The number of sulfonamides is 1. The molecule has 5 aliphatic rings. The molecule has 1 aromatic carbocycles. The highest BCUT2D eigenvalue weighted by Crippen LogP contribution is 2.61. The third-order valence-corrected chi connectivity index (χ3v) is 10.4. The molecular formula is C22H27Cl2N3O4S. The summed E-state index contributed by atoms with van der Waals surface area (Å²) in [5.74, 6) is 0.137. The molecule has 0 heterocycles. The molecule has 5 saturated carbocycles. The number of nitrogens with two attached hydrogens (primary N) is 1. The minimum Gasteiger partial charge on any atom is -0.369 e. The van der Waals surface area contributed by atoms with Gasteiger partial charge >= 0.3 is 0 Å². The molecule has 1 aromatic rings. The number of nitrogens with one attached hydrogen (secondary N) is 2.